The Morgan fingerprint density at radius 1 is 2.00 bits per heavy atom. The van der Waals surface area contributed by atoms with Crippen LogP contribution in [-0.4, -0.2) is 11.2 Å². The molecule has 0 fully saturated rings. The molecule has 0 amide bonds. The molecule has 0 aromatic carbocycles. The Hall–Kier alpha value is -0.950. The lowest BCUT2D eigenvalue weighted by atomic mass is 10.2. The first-order valence-corrected chi connectivity index (χ1v) is 2.32. The van der Waals surface area contributed by atoms with Crippen LogP contribution < -0.4 is 5.73 Å². The number of hydrogen-bond acceptors (Lipinski definition) is 3. The van der Waals surface area contributed by atoms with Crippen molar-refractivity contribution in [2.75, 3.05) is 0 Å². The first kappa shape index (κ1) is 7.05. The van der Waals surface area contributed by atoms with Crippen molar-refractivity contribution in [3.8, 4) is 6.07 Å². The standard InChI is InChI=1S/C4H5N3S/c5-1-3(2-6)4(7)8/h1,3,5H,(H2,7,8). The minimum Gasteiger partial charge on any atom is -0.392 e. The van der Waals surface area contributed by atoms with Gasteiger partial charge in [-0.15, -0.1) is 0 Å². The lowest BCUT2D eigenvalue weighted by Gasteiger charge is -1.93. The van der Waals surface area contributed by atoms with Gasteiger partial charge in [-0.2, -0.15) is 5.26 Å². The highest BCUT2D eigenvalue weighted by atomic mass is 32.1. The van der Waals surface area contributed by atoms with Gasteiger partial charge in [-0.3, -0.25) is 0 Å². The Morgan fingerprint density at radius 2 is 2.50 bits per heavy atom. The molecule has 3 N–H and O–H groups in total. The van der Waals surface area contributed by atoms with Crippen LogP contribution in [0.5, 0.6) is 0 Å². The van der Waals surface area contributed by atoms with Gasteiger partial charge in [-0.05, 0) is 0 Å². The van der Waals surface area contributed by atoms with E-state index in [1.54, 1.807) is 6.07 Å². The van der Waals surface area contributed by atoms with E-state index < -0.39 is 5.92 Å². The van der Waals surface area contributed by atoms with Crippen LogP contribution in [0.25, 0.3) is 0 Å². The molecular weight excluding hydrogens is 122 g/mol. The minimum atomic E-state index is -0.690. The van der Waals surface area contributed by atoms with Crippen molar-refractivity contribution < 1.29 is 0 Å². The van der Waals surface area contributed by atoms with Crippen LogP contribution in [0, 0.1) is 22.7 Å². The van der Waals surface area contributed by atoms with Crippen molar-refractivity contribution in [3.63, 3.8) is 0 Å². The molecule has 0 heterocycles. The van der Waals surface area contributed by atoms with Crippen molar-refractivity contribution in [1.29, 1.82) is 10.7 Å². The SMILES string of the molecule is N#CC(C=N)C(N)=S. The minimum absolute atomic E-state index is 0.0579. The van der Waals surface area contributed by atoms with Gasteiger partial charge in [0, 0.05) is 6.21 Å². The molecule has 0 saturated heterocycles. The fraction of sp³-hybridized carbons (Fsp3) is 0.250. The van der Waals surface area contributed by atoms with Gasteiger partial charge in [0.05, 0.1) is 11.1 Å². The normalized spacial score (nSPS) is 11.4. The van der Waals surface area contributed by atoms with Crippen molar-refractivity contribution in [1.82, 2.24) is 0 Å². The zero-order valence-corrected chi connectivity index (χ0v) is 4.90. The third kappa shape index (κ3) is 1.67. The molecule has 3 nitrogen and oxygen atoms in total. The van der Waals surface area contributed by atoms with Crippen LogP contribution in [0.2, 0.25) is 0 Å². The summed E-state index contributed by atoms with van der Waals surface area (Å²) in [7, 11) is 0. The summed E-state index contributed by atoms with van der Waals surface area (Å²) in [5.74, 6) is -0.690. The monoisotopic (exact) mass is 127 g/mol. The lowest BCUT2D eigenvalue weighted by molar-refractivity contribution is 1.22. The molecule has 0 bridgehead atoms. The van der Waals surface area contributed by atoms with Crippen LogP contribution >= 0.6 is 12.2 Å². The van der Waals surface area contributed by atoms with E-state index in [1.165, 1.54) is 0 Å². The van der Waals surface area contributed by atoms with Crippen LogP contribution in [0.3, 0.4) is 0 Å². The molecule has 0 rings (SSSR count). The number of nitrogens with zero attached hydrogens (tertiary/aromatic N) is 1. The van der Waals surface area contributed by atoms with Crippen molar-refractivity contribution in [2.24, 2.45) is 11.7 Å². The molecule has 0 aliphatic carbocycles. The molecule has 0 aliphatic rings. The van der Waals surface area contributed by atoms with Gasteiger partial charge in [0.1, 0.15) is 5.92 Å². The number of nitriles is 1. The Balaban J connectivity index is 3.95. The maximum absolute atomic E-state index is 8.13. The second-order valence-electron chi connectivity index (χ2n) is 1.18. The molecule has 1 atom stereocenters. The van der Waals surface area contributed by atoms with Gasteiger partial charge in [-0.25, -0.2) is 0 Å². The van der Waals surface area contributed by atoms with E-state index in [9.17, 15) is 0 Å². The van der Waals surface area contributed by atoms with E-state index in [0.717, 1.165) is 6.21 Å². The first-order chi connectivity index (χ1) is 3.72. The second-order valence-corrected chi connectivity index (χ2v) is 1.65. The van der Waals surface area contributed by atoms with Gasteiger partial charge >= 0.3 is 0 Å². The first-order valence-electron chi connectivity index (χ1n) is 1.92. The predicted octanol–water partition coefficient (Wildman–Crippen LogP) is 0.0619. The van der Waals surface area contributed by atoms with Gasteiger partial charge in [0.15, 0.2) is 0 Å². The molecule has 0 aliphatic heterocycles. The topological polar surface area (TPSA) is 73.7 Å². The lowest BCUT2D eigenvalue weighted by Crippen LogP contribution is -2.20. The van der Waals surface area contributed by atoms with E-state index >= 15 is 0 Å². The maximum Gasteiger partial charge on any atom is 0.131 e. The highest BCUT2D eigenvalue weighted by Crippen LogP contribution is 1.86. The Morgan fingerprint density at radius 3 is 2.50 bits per heavy atom. The van der Waals surface area contributed by atoms with Crippen molar-refractivity contribution in [2.45, 2.75) is 0 Å². The molecule has 1 unspecified atom stereocenters. The van der Waals surface area contributed by atoms with Gasteiger partial charge < -0.3 is 11.1 Å². The summed E-state index contributed by atoms with van der Waals surface area (Å²) in [5.41, 5.74) is 5.02. The zero-order valence-electron chi connectivity index (χ0n) is 4.09. The fourth-order valence-electron chi connectivity index (χ4n) is 0.183. The van der Waals surface area contributed by atoms with Crippen LogP contribution in [0.4, 0.5) is 0 Å². The zero-order chi connectivity index (χ0) is 6.57. The number of hydrogen-bond donors (Lipinski definition) is 2. The summed E-state index contributed by atoms with van der Waals surface area (Å²) < 4.78 is 0. The largest absolute Gasteiger partial charge is 0.392 e. The van der Waals surface area contributed by atoms with E-state index in [2.05, 4.69) is 12.2 Å². The summed E-state index contributed by atoms with van der Waals surface area (Å²) in [6, 6.07) is 1.74. The van der Waals surface area contributed by atoms with Gasteiger partial charge in [-0.1, -0.05) is 12.2 Å². The number of nitrogens with two attached hydrogens (primary N) is 1. The van der Waals surface area contributed by atoms with Crippen LogP contribution in [-0.2, 0) is 0 Å². The molecule has 8 heavy (non-hydrogen) atoms. The van der Waals surface area contributed by atoms with Crippen molar-refractivity contribution in [3.05, 3.63) is 0 Å². The summed E-state index contributed by atoms with van der Waals surface area (Å²) in [5, 5.41) is 14.7. The summed E-state index contributed by atoms with van der Waals surface area (Å²) in [4.78, 5) is 0.0579. The van der Waals surface area contributed by atoms with Crippen LogP contribution in [0.1, 0.15) is 0 Å². The van der Waals surface area contributed by atoms with Crippen molar-refractivity contribution >= 4 is 23.4 Å². The smallest absolute Gasteiger partial charge is 0.131 e. The Bertz CT molecular complexity index is 146. The Labute approximate surface area is 52.6 Å². The fourth-order valence-corrected chi connectivity index (χ4v) is 0.304. The average Bonchev–Trinajstić information content (AvgIpc) is 1.69. The molecule has 0 spiro atoms. The summed E-state index contributed by atoms with van der Waals surface area (Å²) >= 11 is 4.42. The van der Waals surface area contributed by atoms with E-state index in [0.29, 0.717) is 0 Å². The molecule has 42 valence electrons. The average molecular weight is 127 g/mol. The predicted molar refractivity (Wildman–Crippen MR) is 34.7 cm³/mol. The number of rotatable bonds is 2. The quantitative estimate of drug-likeness (QED) is 0.407. The summed E-state index contributed by atoms with van der Waals surface area (Å²) in [6.45, 7) is 0. The third-order valence-electron chi connectivity index (χ3n) is 0.612. The molecule has 4 heteroatoms. The molecule has 0 aromatic rings. The molecule has 0 radical (unpaired) electrons. The third-order valence-corrected chi connectivity index (χ3v) is 0.866. The van der Waals surface area contributed by atoms with Gasteiger partial charge in [0.25, 0.3) is 0 Å². The molecule has 0 aromatic heterocycles. The molecule has 0 saturated carbocycles. The number of thiocarbonyl (C=S) groups is 1. The van der Waals surface area contributed by atoms with Crippen LogP contribution in [0.15, 0.2) is 0 Å². The van der Waals surface area contributed by atoms with E-state index in [1.807, 2.05) is 0 Å². The second kappa shape index (κ2) is 3.10. The highest BCUT2D eigenvalue weighted by Gasteiger charge is 2.03. The number of nitrogens with one attached hydrogen (secondary N) is 1. The van der Waals surface area contributed by atoms with E-state index in [4.69, 9.17) is 16.4 Å². The molecular formula is C4H5N3S. The maximum atomic E-state index is 8.13. The van der Waals surface area contributed by atoms with E-state index in [-0.39, 0.29) is 4.99 Å². The Kier molecular flexibility index (Phi) is 2.74. The highest BCUT2D eigenvalue weighted by molar-refractivity contribution is 7.80. The summed E-state index contributed by atoms with van der Waals surface area (Å²) in [6.07, 6.45) is 0.919. The van der Waals surface area contributed by atoms with Gasteiger partial charge in [0.2, 0.25) is 0 Å².